The number of rotatable bonds is 1. The van der Waals surface area contributed by atoms with Gasteiger partial charge in [0.15, 0.2) is 0 Å². The first-order valence-electron chi connectivity index (χ1n) is 4.81. The van der Waals surface area contributed by atoms with Crippen LogP contribution >= 0.6 is 0 Å². The van der Waals surface area contributed by atoms with E-state index in [1.54, 1.807) is 0 Å². The summed E-state index contributed by atoms with van der Waals surface area (Å²) in [5, 5.41) is 3.33. The SMILES string of the molecule is NC(=O)C1CCCCNCCC1. The second-order valence-electron chi connectivity index (χ2n) is 3.49. The van der Waals surface area contributed by atoms with Crippen molar-refractivity contribution in [3.63, 3.8) is 0 Å². The van der Waals surface area contributed by atoms with Crippen molar-refractivity contribution in [3.8, 4) is 0 Å². The van der Waals surface area contributed by atoms with Gasteiger partial charge in [-0.2, -0.15) is 0 Å². The van der Waals surface area contributed by atoms with Crippen molar-refractivity contribution in [2.75, 3.05) is 13.1 Å². The van der Waals surface area contributed by atoms with Gasteiger partial charge in [-0.15, -0.1) is 0 Å². The number of carbonyl (C=O) groups excluding carboxylic acids is 1. The van der Waals surface area contributed by atoms with Gasteiger partial charge in [0.05, 0.1) is 0 Å². The summed E-state index contributed by atoms with van der Waals surface area (Å²) in [5.74, 6) is 0.0156. The van der Waals surface area contributed by atoms with Crippen LogP contribution in [0.1, 0.15) is 32.1 Å². The molecule has 3 nitrogen and oxygen atoms in total. The fraction of sp³-hybridized carbons (Fsp3) is 0.889. The zero-order valence-corrected chi connectivity index (χ0v) is 7.51. The van der Waals surface area contributed by atoms with Crippen molar-refractivity contribution in [2.24, 2.45) is 11.7 Å². The molecular formula is C9H18N2O. The van der Waals surface area contributed by atoms with Crippen LogP contribution in [0.3, 0.4) is 0 Å². The number of nitrogens with one attached hydrogen (secondary N) is 1. The Morgan fingerprint density at radius 1 is 1.17 bits per heavy atom. The van der Waals surface area contributed by atoms with Crippen LogP contribution in [0.25, 0.3) is 0 Å². The predicted octanol–water partition coefficient (Wildman–Crippen LogP) is 0.642. The van der Waals surface area contributed by atoms with Gasteiger partial charge < -0.3 is 11.1 Å². The molecule has 1 atom stereocenters. The fourth-order valence-corrected chi connectivity index (χ4v) is 1.67. The van der Waals surface area contributed by atoms with Gasteiger partial charge in [0, 0.05) is 5.92 Å². The van der Waals surface area contributed by atoms with Gasteiger partial charge in [-0.25, -0.2) is 0 Å². The van der Waals surface area contributed by atoms with Crippen LogP contribution in [0.15, 0.2) is 0 Å². The lowest BCUT2D eigenvalue weighted by Crippen LogP contribution is -2.23. The molecule has 70 valence electrons. The van der Waals surface area contributed by atoms with E-state index >= 15 is 0 Å². The van der Waals surface area contributed by atoms with Crippen molar-refractivity contribution in [3.05, 3.63) is 0 Å². The zero-order valence-electron chi connectivity index (χ0n) is 7.51. The van der Waals surface area contributed by atoms with E-state index in [4.69, 9.17) is 5.73 Å². The lowest BCUT2D eigenvalue weighted by atomic mass is 9.97. The zero-order chi connectivity index (χ0) is 8.81. The molecule has 1 aliphatic rings. The molecule has 12 heavy (non-hydrogen) atoms. The molecule has 0 aliphatic carbocycles. The van der Waals surface area contributed by atoms with E-state index in [2.05, 4.69) is 5.32 Å². The normalized spacial score (nSPS) is 26.8. The molecule has 1 heterocycles. The Hall–Kier alpha value is -0.570. The average Bonchev–Trinajstić information content (AvgIpc) is 2.15. The Kier molecular flexibility index (Phi) is 4.08. The maximum atomic E-state index is 10.9. The Morgan fingerprint density at radius 3 is 2.58 bits per heavy atom. The van der Waals surface area contributed by atoms with E-state index in [1.165, 1.54) is 6.42 Å². The number of carbonyl (C=O) groups is 1. The summed E-state index contributed by atoms with van der Waals surface area (Å²) >= 11 is 0. The highest BCUT2D eigenvalue weighted by Crippen LogP contribution is 2.15. The first kappa shape index (κ1) is 9.52. The smallest absolute Gasteiger partial charge is 0.220 e. The highest BCUT2D eigenvalue weighted by atomic mass is 16.1. The number of amides is 1. The molecule has 1 amide bonds. The van der Waals surface area contributed by atoms with E-state index in [9.17, 15) is 4.79 Å². The summed E-state index contributed by atoms with van der Waals surface area (Å²) in [5.41, 5.74) is 5.28. The third-order valence-corrected chi connectivity index (χ3v) is 2.46. The third kappa shape index (κ3) is 3.22. The Balaban J connectivity index is 2.33. The van der Waals surface area contributed by atoms with E-state index in [0.29, 0.717) is 0 Å². The van der Waals surface area contributed by atoms with Gasteiger partial charge in [-0.1, -0.05) is 6.42 Å². The molecule has 1 unspecified atom stereocenters. The summed E-state index contributed by atoms with van der Waals surface area (Å²) in [6.07, 6.45) is 5.32. The van der Waals surface area contributed by atoms with E-state index in [-0.39, 0.29) is 11.8 Å². The number of nitrogens with two attached hydrogens (primary N) is 1. The Morgan fingerprint density at radius 2 is 1.83 bits per heavy atom. The molecule has 0 aromatic rings. The lowest BCUT2D eigenvalue weighted by molar-refractivity contribution is -0.122. The molecule has 0 saturated carbocycles. The molecule has 0 radical (unpaired) electrons. The minimum Gasteiger partial charge on any atom is -0.369 e. The van der Waals surface area contributed by atoms with Gasteiger partial charge in [0.1, 0.15) is 0 Å². The number of hydrogen-bond donors (Lipinski definition) is 2. The lowest BCUT2D eigenvalue weighted by Gasteiger charge is -2.10. The molecule has 0 spiro atoms. The van der Waals surface area contributed by atoms with Crippen LogP contribution in [0.2, 0.25) is 0 Å². The van der Waals surface area contributed by atoms with Gasteiger partial charge in [0.25, 0.3) is 0 Å². The minimum absolute atomic E-state index is 0.114. The summed E-state index contributed by atoms with van der Waals surface area (Å²) < 4.78 is 0. The fourth-order valence-electron chi connectivity index (χ4n) is 1.67. The summed E-state index contributed by atoms with van der Waals surface area (Å²) in [4.78, 5) is 10.9. The Bertz CT molecular complexity index is 137. The monoisotopic (exact) mass is 170 g/mol. The second kappa shape index (κ2) is 5.14. The highest BCUT2D eigenvalue weighted by Gasteiger charge is 2.14. The molecule has 0 aromatic heterocycles. The van der Waals surface area contributed by atoms with Crippen molar-refractivity contribution < 1.29 is 4.79 Å². The van der Waals surface area contributed by atoms with E-state index < -0.39 is 0 Å². The Labute approximate surface area is 73.7 Å². The van der Waals surface area contributed by atoms with Crippen LogP contribution in [0.5, 0.6) is 0 Å². The van der Waals surface area contributed by atoms with Crippen LogP contribution in [-0.2, 0) is 4.79 Å². The summed E-state index contributed by atoms with van der Waals surface area (Å²) in [6.45, 7) is 2.12. The maximum absolute atomic E-state index is 10.9. The van der Waals surface area contributed by atoms with Crippen molar-refractivity contribution >= 4 is 5.91 Å². The predicted molar refractivity (Wildman–Crippen MR) is 48.6 cm³/mol. The first-order valence-corrected chi connectivity index (χ1v) is 4.81. The highest BCUT2D eigenvalue weighted by molar-refractivity contribution is 5.76. The maximum Gasteiger partial charge on any atom is 0.220 e. The van der Waals surface area contributed by atoms with Gasteiger partial charge in [0.2, 0.25) is 5.91 Å². The van der Waals surface area contributed by atoms with Crippen molar-refractivity contribution in [2.45, 2.75) is 32.1 Å². The molecule has 3 N–H and O–H groups in total. The summed E-state index contributed by atoms with van der Waals surface area (Å²) in [6, 6.07) is 0. The molecule has 1 aliphatic heterocycles. The van der Waals surface area contributed by atoms with Crippen LogP contribution in [-0.4, -0.2) is 19.0 Å². The number of hydrogen-bond acceptors (Lipinski definition) is 2. The summed E-state index contributed by atoms with van der Waals surface area (Å²) in [7, 11) is 0. The van der Waals surface area contributed by atoms with E-state index in [1.807, 2.05) is 0 Å². The third-order valence-electron chi connectivity index (χ3n) is 2.46. The van der Waals surface area contributed by atoms with Crippen molar-refractivity contribution in [1.82, 2.24) is 5.32 Å². The number of primary amides is 1. The second-order valence-corrected chi connectivity index (χ2v) is 3.49. The molecule has 1 saturated heterocycles. The molecule has 0 aromatic carbocycles. The molecule has 1 rings (SSSR count). The first-order chi connectivity index (χ1) is 5.80. The minimum atomic E-state index is -0.114. The van der Waals surface area contributed by atoms with Gasteiger partial charge in [-0.3, -0.25) is 4.79 Å². The van der Waals surface area contributed by atoms with Crippen LogP contribution < -0.4 is 11.1 Å². The average molecular weight is 170 g/mol. The van der Waals surface area contributed by atoms with Crippen LogP contribution in [0.4, 0.5) is 0 Å². The molecular weight excluding hydrogens is 152 g/mol. The largest absolute Gasteiger partial charge is 0.369 e. The van der Waals surface area contributed by atoms with Gasteiger partial charge in [-0.05, 0) is 38.8 Å². The van der Waals surface area contributed by atoms with E-state index in [0.717, 1.165) is 38.8 Å². The standard InChI is InChI=1S/C9H18N2O/c10-9(12)8-4-1-2-6-11-7-3-5-8/h8,11H,1-7H2,(H2,10,12). The quantitative estimate of drug-likeness (QED) is 0.607. The molecule has 1 fully saturated rings. The molecule has 0 bridgehead atoms. The molecule has 3 heteroatoms. The topological polar surface area (TPSA) is 55.1 Å². The van der Waals surface area contributed by atoms with Gasteiger partial charge >= 0.3 is 0 Å². The van der Waals surface area contributed by atoms with Crippen LogP contribution in [0, 0.1) is 5.92 Å². The van der Waals surface area contributed by atoms with Crippen molar-refractivity contribution in [1.29, 1.82) is 0 Å².